The van der Waals surface area contributed by atoms with Crippen LogP contribution < -0.4 is 5.73 Å². The third kappa shape index (κ3) is 3.17. The van der Waals surface area contributed by atoms with Crippen LogP contribution in [0.5, 0.6) is 0 Å². The lowest BCUT2D eigenvalue weighted by molar-refractivity contribution is 0.122. The van der Waals surface area contributed by atoms with Crippen molar-refractivity contribution in [3.05, 3.63) is 0 Å². The van der Waals surface area contributed by atoms with E-state index in [-0.39, 0.29) is 0 Å². The third-order valence-electron chi connectivity index (χ3n) is 1.66. The van der Waals surface area contributed by atoms with E-state index in [1.54, 1.807) is 0 Å². The Morgan fingerprint density at radius 1 is 1.27 bits per heavy atom. The van der Waals surface area contributed by atoms with Crippen molar-refractivity contribution in [3.63, 3.8) is 0 Å². The standard InChI is InChI=1S/C4H12N2O7P2/c5-2-3(6)1-4(7,14(8,9)10)15(11,12)13/h2-3,5,7H,1,6H2,(H2,8,9,10)(H2,11,12,13). The summed E-state index contributed by atoms with van der Waals surface area (Å²) in [6.07, 6.45) is -0.596. The predicted octanol–water partition coefficient (Wildman–Crippen LogP) is -1.65. The van der Waals surface area contributed by atoms with Crippen LogP contribution in [0.2, 0.25) is 0 Å². The molecule has 0 aromatic carbocycles. The lowest BCUT2D eigenvalue weighted by Gasteiger charge is -2.30. The number of rotatable bonds is 5. The molecule has 0 aromatic heterocycles. The van der Waals surface area contributed by atoms with Crippen LogP contribution in [-0.4, -0.2) is 42.0 Å². The van der Waals surface area contributed by atoms with Gasteiger partial charge in [-0.1, -0.05) is 0 Å². The molecule has 0 amide bonds. The fourth-order valence-electron chi connectivity index (χ4n) is 0.783. The molecule has 15 heavy (non-hydrogen) atoms. The van der Waals surface area contributed by atoms with Crippen LogP contribution in [-0.2, 0) is 9.13 Å². The molecule has 11 heteroatoms. The first-order valence-corrected chi connectivity index (χ1v) is 6.78. The van der Waals surface area contributed by atoms with E-state index in [1.165, 1.54) is 0 Å². The lowest BCUT2D eigenvalue weighted by atomic mass is 10.2. The van der Waals surface area contributed by atoms with E-state index >= 15 is 0 Å². The number of nitrogens with one attached hydrogen (secondary N) is 1. The van der Waals surface area contributed by atoms with Gasteiger partial charge in [0.15, 0.2) is 0 Å². The number of nitrogens with two attached hydrogens (primary N) is 1. The molecular weight excluding hydrogens is 250 g/mol. The van der Waals surface area contributed by atoms with E-state index in [0.29, 0.717) is 6.21 Å². The molecule has 0 spiro atoms. The summed E-state index contributed by atoms with van der Waals surface area (Å²) in [6, 6.07) is -1.37. The van der Waals surface area contributed by atoms with Gasteiger partial charge in [-0.15, -0.1) is 0 Å². The Morgan fingerprint density at radius 2 is 1.60 bits per heavy atom. The first-order chi connectivity index (χ1) is 6.45. The van der Waals surface area contributed by atoms with Gasteiger partial charge in [0.2, 0.25) is 0 Å². The van der Waals surface area contributed by atoms with E-state index in [0.717, 1.165) is 0 Å². The SMILES string of the molecule is N=CC(N)CC(O)(P(=O)(O)O)P(=O)(O)O. The largest absolute Gasteiger partial charge is 0.369 e. The maximum Gasteiger partial charge on any atom is 0.369 e. The van der Waals surface area contributed by atoms with Gasteiger partial charge in [0.25, 0.3) is 5.08 Å². The van der Waals surface area contributed by atoms with E-state index in [2.05, 4.69) is 0 Å². The van der Waals surface area contributed by atoms with Gasteiger partial charge < -0.3 is 35.8 Å². The van der Waals surface area contributed by atoms with Crippen molar-refractivity contribution in [1.82, 2.24) is 0 Å². The number of hydrogen-bond donors (Lipinski definition) is 7. The van der Waals surface area contributed by atoms with Crippen molar-refractivity contribution in [2.75, 3.05) is 0 Å². The van der Waals surface area contributed by atoms with Gasteiger partial charge in [0, 0.05) is 18.7 Å². The minimum Gasteiger partial charge on any atom is -0.367 e. The molecule has 9 nitrogen and oxygen atoms in total. The minimum atomic E-state index is -5.47. The van der Waals surface area contributed by atoms with Gasteiger partial charge in [-0.2, -0.15) is 0 Å². The first kappa shape index (κ1) is 14.9. The molecule has 0 radical (unpaired) electrons. The number of aliphatic hydroxyl groups is 1. The molecule has 0 aromatic rings. The molecule has 0 saturated heterocycles. The molecular formula is C4H12N2O7P2. The summed E-state index contributed by atoms with van der Waals surface area (Å²) in [6.45, 7) is 0. The fourth-order valence-corrected chi connectivity index (χ4v) is 3.04. The molecule has 0 aliphatic carbocycles. The second-order valence-corrected chi connectivity index (χ2v) is 6.91. The van der Waals surface area contributed by atoms with Crippen LogP contribution in [0.25, 0.3) is 0 Å². The predicted molar refractivity (Wildman–Crippen MR) is 50.4 cm³/mol. The van der Waals surface area contributed by atoms with Gasteiger partial charge in [-0.25, -0.2) is 0 Å². The summed E-state index contributed by atoms with van der Waals surface area (Å²) in [5.41, 5.74) is 5.06. The monoisotopic (exact) mass is 262 g/mol. The Hall–Kier alpha value is -0.110. The van der Waals surface area contributed by atoms with Crippen LogP contribution in [0.15, 0.2) is 0 Å². The molecule has 0 heterocycles. The maximum atomic E-state index is 10.8. The Kier molecular flexibility index (Phi) is 4.37. The smallest absolute Gasteiger partial charge is 0.367 e. The summed E-state index contributed by atoms with van der Waals surface area (Å²) in [4.78, 5) is 34.6. The van der Waals surface area contributed by atoms with Crippen LogP contribution in [0.1, 0.15) is 6.42 Å². The van der Waals surface area contributed by atoms with Gasteiger partial charge in [0.1, 0.15) is 0 Å². The highest BCUT2D eigenvalue weighted by molar-refractivity contribution is 7.72. The normalized spacial score (nSPS) is 16.1. The second-order valence-electron chi connectivity index (χ2n) is 2.90. The summed E-state index contributed by atoms with van der Waals surface area (Å²) >= 11 is 0. The summed E-state index contributed by atoms with van der Waals surface area (Å²) < 4.78 is 21.5. The summed E-state index contributed by atoms with van der Waals surface area (Å²) in [7, 11) is -10.9. The molecule has 0 saturated carbocycles. The molecule has 8 N–H and O–H groups in total. The summed E-state index contributed by atoms with van der Waals surface area (Å²) in [5.74, 6) is 0. The van der Waals surface area contributed by atoms with Crippen molar-refractivity contribution in [3.8, 4) is 0 Å². The van der Waals surface area contributed by atoms with Crippen LogP contribution in [0, 0.1) is 5.41 Å². The van der Waals surface area contributed by atoms with E-state index in [4.69, 9.17) is 30.7 Å². The van der Waals surface area contributed by atoms with Crippen molar-refractivity contribution in [2.45, 2.75) is 17.5 Å². The molecule has 1 atom stereocenters. The van der Waals surface area contributed by atoms with Crippen molar-refractivity contribution in [2.24, 2.45) is 5.73 Å². The van der Waals surface area contributed by atoms with Crippen molar-refractivity contribution < 1.29 is 33.8 Å². The van der Waals surface area contributed by atoms with Gasteiger partial charge >= 0.3 is 15.2 Å². The molecule has 0 aliphatic heterocycles. The third-order valence-corrected chi connectivity index (χ3v) is 5.45. The highest BCUT2D eigenvalue weighted by Crippen LogP contribution is 2.69. The average molecular weight is 262 g/mol. The lowest BCUT2D eigenvalue weighted by Crippen LogP contribution is -2.37. The average Bonchev–Trinajstić information content (AvgIpc) is 1.99. The topological polar surface area (TPSA) is 185 Å². The second kappa shape index (κ2) is 4.40. The van der Waals surface area contributed by atoms with E-state index in [1.807, 2.05) is 0 Å². The van der Waals surface area contributed by atoms with Crippen LogP contribution in [0.4, 0.5) is 0 Å². The van der Waals surface area contributed by atoms with Gasteiger partial charge in [0.05, 0.1) is 0 Å². The fraction of sp³-hybridized carbons (Fsp3) is 0.750. The van der Waals surface area contributed by atoms with Crippen LogP contribution >= 0.6 is 15.2 Å². The van der Waals surface area contributed by atoms with Gasteiger partial charge in [-0.05, 0) is 0 Å². The maximum absolute atomic E-state index is 10.8. The Labute approximate surface area is 84.8 Å². The Balaban J connectivity index is 5.34. The Morgan fingerprint density at radius 3 is 1.80 bits per heavy atom. The minimum absolute atomic E-state index is 0.510. The first-order valence-electron chi connectivity index (χ1n) is 3.55. The van der Waals surface area contributed by atoms with E-state index < -0.39 is 32.7 Å². The highest BCUT2D eigenvalue weighted by Gasteiger charge is 2.59. The summed E-state index contributed by atoms with van der Waals surface area (Å²) in [5, 5.41) is 12.4. The molecule has 1 unspecified atom stereocenters. The zero-order valence-corrected chi connectivity index (χ0v) is 9.18. The Bertz CT molecular complexity index is 310. The zero-order valence-electron chi connectivity index (χ0n) is 7.39. The quantitative estimate of drug-likeness (QED) is 0.227. The van der Waals surface area contributed by atoms with Crippen molar-refractivity contribution in [1.29, 1.82) is 5.41 Å². The molecule has 0 fully saturated rings. The van der Waals surface area contributed by atoms with Gasteiger partial charge in [-0.3, -0.25) is 9.13 Å². The zero-order chi connectivity index (χ0) is 12.5. The molecule has 90 valence electrons. The molecule has 0 rings (SSSR count). The molecule has 0 bridgehead atoms. The van der Waals surface area contributed by atoms with Crippen LogP contribution in [0.3, 0.4) is 0 Å². The highest BCUT2D eigenvalue weighted by atomic mass is 31.2. The number of hydrogen-bond acceptors (Lipinski definition) is 5. The van der Waals surface area contributed by atoms with Crippen molar-refractivity contribution >= 4 is 21.4 Å². The van der Waals surface area contributed by atoms with E-state index in [9.17, 15) is 14.2 Å². The molecule has 0 aliphatic rings.